The summed E-state index contributed by atoms with van der Waals surface area (Å²) in [6, 6.07) is 16.4. The number of amides is 1. The molecule has 24 heavy (non-hydrogen) atoms. The lowest BCUT2D eigenvalue weighted by Crippen LogP contribution is -2.19. The molecule has 1 N–H and O–H groups in total. The van der Waals surface area contributed by atoms with Crippen molar-refractivity contribution in [2.75, 3.05) is 0 Å². The van der Waals surface area contributed by atoms with Gasteiger partial charge in [0.25, 0.3) is 5.91 Å². The van der Waals surface area contributed by atoms with E-state index in [9.17, 15) is 9.59 Å². The molecule has 0 spiro atoms. The Labute approximate surface area is 143 Å². The number of para-hydroxylation sites is 1. The van der Waals surface area contributed by atoms with Crippen LogP contribution in [0.2, 0.25) is 0 Å². The lowest BCUT2D eigenvalue weighted by molar-refractivity contribution is -0.131. The maximum Gasteiger partial charge on any atom is 0.308 e. The van der Waals surface area contributed by atoms with E-state index < -0.39 is 0 Å². The summed E-state index contributed by atoms with van der Waals surface area (Å²) in [6.45, 7) is 1.35. The highest BCUT2D eigenvalue weighted by molar-refractivity contribution is 8.18. The topological polar surface area (TPSA) is 67.8 Å². The van der Waals surface area contributed by atoms with Crippen LogP contribution in [0.1, 0.15) is 12.5 Å². The molecule has 1 heterocycles. The molecule has 120 valence electrons. The molecule has 0 aromatic heterocycles. The molecule has 0 bridgehead atoms. The average Bonchev–Trinajstić information content (AvgIpc) is 2.89. The molecular weight excluding hydrogens is 324 g/mol. The molecule has 2 aromatic rings. The highest BCUT2D eigenvalue weighted by atomic mass is 32.2. The van der Waals surface area contributed by atoms with Gasteiger partial charge in [0.15, 0.2) is 5.17 Å². The van der Waals surface area contributed by atoms with Crippen LogP contribution in [0.15, 0.2) is 64.5 Å². The minimum Gasteiger partial charge on any atom is -0.427 e. The van der Waals surface area contributed by atoms with Gasteiger partial charge in [-0.05, 0) is 47.7 Å². The van der Waals surface area contributed by atoms with Crippen molar-refractivity contribution < 1.29 is 14.3 Å². The Hall–Kier alpha value is -2.86. The average molecular weight is 338 g/mol. The van der Waals surface area contributed by atoms with Crippen LogP contribution in [0, 0.1) is 0 Å². The number of esters is 1. The van der Waals surface area contributed by atoms with Crippen LogP contribution in [0.25, 0.3) is 6.08 Å². The number of thioether (sulfide) groups is 1. The van der Waals surface area contributed by atoms with Gasteiger partial charge in [-0.1, -0.05) is 30.3 Å². The first-order valence-corrected chi connectivity index (χ1v) is 8.05. The summed E-state index contributed by atoms with van der Waals surface area (Å²) >= 11 is 1.29. The number of ether oxygens (including phenoxy) is 1. The largest absolute Gasteiger partial charge is 0.427 e. The summed E-state index contributed by atoms with van der Waals surface area (Å²) in [4.78, 5) is 27.9. The van der Waals surface area contributed by atoms with E-state index in [1.54, 1.807) is 30.3 Å². The molecular formula is C18H14N2O3S. The van der Waals surface area contributed by atoms with Gasteiger partial charge < -0.3 is 10.1 Å². The number of hydrogen-bond donors (Lipinski definition) is 1. The summed E-state index contributed by atoms with van der Waals surface area (Å²) in [6.07, 6.45) is 1.77. The molecule has 3 rings (SSSR count). The molecule has 1 fully saturated rings. The highest BCUT2D eigenvalue weighted by Gasteiger charge is 2.23. The summed E-state index contributed by atoms with van der Waals surface area (Å²) in [5, 5.41) is 3.30. The second-order valence-corrected chi connectivity index (χ2v) is 6.01. The Morgan fingerprint density at radius 1 is 1.12 bits per heavy atom. The molecule has 6 heteroatoms. The molecule has 0 saturated carbocycles. The summed E-state index contributed by atoms with van der Waals surface area (Å²) < 4.78 is 4.98. The summed E-state index contributed by atoms with van der Waals surface area (Å²) in [7, 11) is 0. The van der Waals surface area contributed by atoms with Gasteiger partial charge in [-0.15, -0.1) is 0 Å². The molecule has 1 aliphatic heterocycles. The highest BCUT2D eigenvalue weighted by Crippen LogP contribution is 2.28. The number of nitrogens with zero attached hydrogens (tertiary/aromatic N) is 1. The molecule has 0 aliphatic carbocycles. The van der Waals surface area contributed by atoms with Crippen molar-refractivity contribution in [2.45, 2.75) is 6.92 Å². The van der Waals surface area contributed by atoms with Gasteiger partial charge in [-0.2, -0.15) is 0 Å². The Balaban J connectivity index is 1.75. The summed E-state index contributed by atoms with van der Waals surface area (Å²) in [5.74, 6) is -0.0770. The number of hydrogen-bond acceptors (Lipinski definition) is 5. The van der Waals surface area contributed by atoms with Gasteiger partial charge in [-0.25, -0.2) is 4.99 Å². The fraction of sp³-hybridized carbons (Fsp3) is 0.0556. The van der Waals surface area contributed by atoms with E-state index in [2.05, 4.69) is 10.3 Å². The molecule has 1 amide bonds. The van der Waals surface area contributed by atoms with E-state index >= 15 is 0 Å². The van der Waals surface area contributed by atoms with Crippen molar-refractivity contribution >= 4 is 40.6 Å². The van der Waals surface area contributed by atoms with Gasteiger partial charge in [0.05, 0.1) is 10.6 Å². The maximum absolute atomic E-state index is 12.0. The van der Waals surface area contributed by atoms with E-state index in [0.29, 0.717) is 15.8 Å². The zero-order chi connectivity index (χ0) is 16.9. The first-order chi connectivity index (χ1) is 11.6. The van der Waals surface area contributed by atoms with Crippen molar-refractivity contribution in [1.82, 2.24) is 5.32 Å². The molecule has 5 nitrogen and oxygen atoms in total. The van der Waals surface area contributed by atoms with Crippen LogP contribution in [0.3, 0.4) is 0 Å². The van der Waals surface area contributed by atoms with Crippen molar-refractivity contribution in [1.29, 1.82) is 0 Å². The summed E-state index contributed by atoms with van der Waals surface area (Å²) in [5.41, 5.74) is 1.62. The Morgan fingerprint density at radius 2 is 1.83 bits per heavy atom. The third-order valence-electron chi connectivity index (χ3n) is 3.08. The van der Waals surface area contributed by atoms with Gasteiger partial charge >= 0.3 is 5.97 Å². The maximum atomic E-state index is 12.0. The van der Waals surface area contributed by atoms with Crippen LogP contribution in [0.5, 0.6) is 5.75 Å². The molecule has 1 aliphatic rings. The standard InChI is InChI=1S/C18H14N2O3S/c1-12(21)23-15-9-7-13(8-10-15)11-16-17(22)20-18(24-16)19-14-5-3-2-4-6-14/h2-11H,1H3,(H,19,20,22)/b16-11+. The molecule has 2 aromatic carbocycles. The molecule has 1 saturated heterocycles. The third-order valence-corrected chi connectivity index (χ3v) is 3.99. The second kappa shape index (κ2) is 7.14. The van der Waals surface area contributed by atoms with E-state index in [1.165, 1.54) is 18.7 Å². The Bertz CT molecular complexity index is 827. The van der Waals surface area contributed by atoms with E-state index in [4.69, 9.17) is 4.74 Å². The lowest BCUT2D eigenvalue weighted by Gasteiger charge is -2.01. The minimum absolute atomic E-state index is 0.182. The second-order valence-electron chi connectivity index (χ2n) is 4.98. The fourth-order valence-corrected chi connectivity index (χ4v) is 2.89. The normalized spacial score (nSPS) is 17.1. The quantitative estimate of drug-likeness (QED) is 0.528. The number of rotatable bonds is 3. The molecule has 0 atom stereocenters. The predicted molar refractivity (Wildman–Crippen MR) is 95.0 cm³/mol. The van der Waals surface area contributed by atoms with Crippen LogP contribution in [-0.2, 0) is 9.59 Å². The number of carbonyl (C=O) groups is 2. The van der Waals surface area contributed by atoms with Crippen molar-refractivity contribution in [3.05, 3.63) is 65.1 Å². The minimum atomic E-state index is -0.367. The fourth-order valence-electron chi connectivity index (χ4n) is 2.05. The van der Waals surface area contributed by atoms with Crippen molar-refractivity contribution in [3.8, 4) is 5.75 Å². The van der Waals surface area contributed by atoms with E-state index in [0.717, 1.165) is 11.3 Å². The van der Waals surface area contributed by atoms with Gasteiger partial charge in [0.1, 0.15) is 5.75 Å². The van der Waals surface area contributed by atoms with Crippen molar-refractivity contribution in [3.63, 3.8) is 0 Å². The Morgan fingerprint density at radius 3 is 2.50 bits per heavy atom. The number of amidine groups is 1. The number of benzene rings is 2. The van der Waals surface area contributed by atoms with Crippen LogP contribution >= 0.6 is 11.8 Å². The van der Waals surface area contributed by atoms with Crippen molar-refractivity contribution in [2.24, 2.45) is 4.99 Å². The Kier molecular flexibility index (Phi) is 4.77. The molecule has 0 radical (unpaired) electrons. The zero-order valence-corrected chi connectivity index (χ0v) is 13.7. The lowest BCUT2D eigenvalue weighted by atomic mass is 10.2. The predicted octanol–water partition coefficient (Wildman–Crippen LogP) is 3.50. The first kappa shape index (κ1) is 16.0. The number of carbonyl (C=O) groups excluding carboxylic acids is 2. The smallest absolute Gasteiger partial charge is 0.308 e. The van der Waals surface area contributed by atoms with Gasteiger partial charge in [0.2, 0.25) is 0 Å². The number of nitrogens with one attached hydrogen (secondary N) is 1. The van der Waals surface area contributed by atoms with Crippen LogP contribution < -0.4 is 10.1 Å². The van der Waals surface area contributed by atoms with E-state index in [1.807, 2.05) is 30.3 Å². The van der Waals surface area contributed by atoms with Gasteiger partial charge in [0, 0.05) is 6.92 Å². The molecule has 0 unspecified atom stereocenters. The monoisotopic (exact) mass is 338 g/mol. The number of aliphatic imine (C=N–C) groups is 1. The van der Waals surface area contributed by atoms with Gasteiger partial charge in [-0.3, -0.25) is 9.59 Å². The third kappa shape index (κ3) is 4.11. The van der Waals surface area contributed by atoms with E-state index in [-0.39, 0.29) is 11.9 Å². The van der Waals surface area contributed by atoms with Crippen LogP contribution in [-0.4, -0.2) is 17.0 Å². The first-order valence-electron chi connectivity index (χ1n) is 7.23. The SMILES string of the molecule is CC(=O)Oc1ccc(/C=C2/SC(=Nc3ccccc3)NC2=O)cc1. The van der Waals surface area contributed by atoms with Crippen LogP contribution in [0.4, 0.5) is 5.69 Å². The zero-order valence-electron chi connectivity index (χ0n) is 12.9.